The summed E-state index contributed by atoms with van der Waals surface area (Å²) in [5.74, 6) is -1.65. The number of piperidine rings is 2. The van der Waals surface area contributed by atoms with E-state index in [0.29, 0.717) is 50.9 Å². The molecule has 8 nitrogen and oxygen atoms in total. The molecule has 0 aromatic heterocycles. The monoisotopic (exact) mass is 409 g/mol. The summed E-state index contributed by atoms with van der Waals surface area (Å²) >= 11 is 0. The van der Waals surface area contributed by atoms with Gasteiger partial charge in [0, 0.05) is 37.8 Å². The van der Waals surface area contributed by atoms with Crippen LogP contribution in [-0.4, -0.2) is 66.8 Å². The van der Waals surface area contributed by atoms with Crippen LogP contribution >= 0.6 is 0 Å². The molecule has 2 aliphatic rings. The fourth-order valence-electron chi connectivity index (χ4n) is 3.73. The zero-order valence-electron chi connectivity index (χ0n) is 16.0. The summed E-state index contributed by atoms with van der Waals surface area (Å²) in [5.41, 5.74) is 1.73. The van der Waals surface area contributed by atoms with E-state index in [1.807, 2.05) is 31.2 Å². The molecule has 1 aromatic rings. The second-order valence-corrected chi connectivity index (χ2v) is 9.29. The summed E-state index contributed by atoms with van der Waals surface area (Å²) in [5, 5.41) is 9.15. The van der Waals surface area contributed by atoms with Crippen molar-refractivity contribution in [1.82, 2.24) is 13.9 Å². The van der Waals surface area contributed by atoms with Gasteiger partial charge >= 0.3 is 5.97 Å². The van der Waals surface area contributed by atoms with Crippen LogP contribution in [0.25, 0.3) is 0 Å². The third-order valence-corrected chi connectivity index (χ3v) is 7.11. The number of aryl methyl sites for hydroxylation is 1. The average molecular weight is 410 g/mol. The molecule has 2 N–H and O–H groups in total. The van der Waals surface area contributed by atoms with Gasteiger partial charge in [-0.05, 0) is 44.7 Å². The van der Waals surface area contributed by atoms with Crippen molar-refractivity contribution < 1.29 is 23.1 Å². The van der Waals surface area contributed by atoms with Gasteiger partial charge in [0.2, 0.25) is 0 Å². The molecule has 0 spiro atoms. The van der Waals surface area contributed by atoms with Crippen LogP contribution in [0, 0.1) is 12.8 Å². The van der Waals surface area contributed by atoms with Crippen LogP contribution in [0.3, 0.4) is 0 Å². The molecule has 0 saturated carbocycles. The Balaban J connectivity index is 1.54. The Morgan fingerprint density at radius 1 is 1.07 bits per heavy atom. The van der Waals surface area contributed by atoms with Gasteiger partial charge < -0.3 is 10.0 Å². The molecule has 3 rings (SSSR count). The maximum absolute atomic E-state index is 12.6. The van der Waals surface area contributed by atoms with Gasteiger partial charge in [0.25, 0.3) is 16.1 Å². The van der Waals surface area contributed by atoms with Gasteiger partial charge in [0.1, 0.15) is 0 Å². The molecule has 2 fully saturated rings. The van der Waals surface area contributed by atoms with Gasteiger partial charge in [-0.15, -0.1) is 0 Å². The lowest BCUT2D eigenvalue weighted by atomic mass is 10.0. The lowest BCUT2D eigenvalue weighted by Crippen LogP contribution is -2.52. The lowest BCUT2D eigenvalue weighted by Gasteiger charge is -2.35. The number of aliphatic carboxylic acids is 1. The Morgan fingerprint density at radius 2 is 1.71 bits per heavy atom. The molecular formula is C19H27N3O5S. The van der Waals surface area contributed by atoms with E-state index in [2.05, 4.69) is 4.72 Å². The van der Waals surface area contributed by atoms with Crippen LogP contribution in [0.2, 0.25) is 0 Å². The van der Waals surface area contributed by atoms with E-state index in [4.69, 9.17) is 5.11 Å². The van der Waals surface area contributed by atoms with Crippen LogP contribution in [0.4, 0.5) is 0 Å². The van der Waals surface area contributed by atoms with E-state index >= 15 is 0 Å². The summed E-state index contributed by atoms with van der Waals surface area (Å²) in [6.45, 7) is 3.28. The van der Waals surface area contributed by atoms with Gasteiger partial charge in [0.05, 0.1) is 5.92 Å². The van der Waals surface area contributed by atoms with Crippen LogP contribution < -0.4 is 4.72 Å². The van der Waals surface area contributed by atoms with Gasteiger partial charge in [-0.3, -0.25) is 9.59 Å². The predicted molar refractivity (Wildman–Crippen MR) is 104 cm³/mol. The summed E-state index contributed by atoms with van der Waals surface area (Å²) in [4.78, 5) is 25.5. The Bertz CT molecular complexity index is 816. The zero-order chi connectivity index (χ0) is 20.3. The van der Waals surface area contributed by atoms with Crippen molar-refractivity contribution in [2.45, 2.75) is 38.6 Å². The minimum absolute atomic E-state index is 0.00935. The highest BCUT2D eigenvalue weighted by atomic mass is 32.2. The number of likely N-dealkylation sites (tertiary alicyclic amines) is 1. The van der Waals surface area contributed by atoms with E-state index in [1.54, 1.807) is 4.90 Å². The molecule has 1 amide bonds. The lowest BCUT2D eigenvalue weighted by molar-refractivity contribution is -0.142. The molecule has 0 radical (unpaired) electrons. The number of rotatable bonds is 5. The molecule has 154 valence electrons. The number of benzene rings is 1. The minimum atomic E-state index is -3.73. The summed E-state index contributed by atoms with van der Waals surface area (Å²) in [6.07, 6.45) is 2.11. The SMILES string of the molecule is Cc1ccc(C(=O)N2CCC(NS(=O)(=O)N3CCC[C@H](C(=O)O)C3)CC2)cc1. The van der Waals surface area contributed by atoms with E-state index in [0.717, 1.165) is 5.56 Å². The summed E-state index contributed by atoms with van der Waals surface area (Å²) in [6, 6.07) is 7.16. The fourth-order valence-corrected chi connectivity index (χ4v) is 5.28. The first kappa shape index (κ1) is 20.8. The Morgan fingerprint density at radius 3 is 2.32 bits per heavy atom. The fraction of sp³-hybridized carbons (Fsp3) is 0.579. The quantitative estimate of drug-likeness (QED) is 0.761. The van der Waals surface area contributed by atoms with Crippen molar-refractivity contribution in [3.63, 3.8) is 0 Å². The molecule has 1 atom stereocenters. The van der Waals surface area contributed by atoms with E-state index in [9.17, 15) is 18.0 Å². The number of nitrogens with zero attached hydrogens (tertiary/aromatic N) is 2. The smallest absolute Gasteiger partial charge is 0.307 e. The largest absolute Gasteiger partial charge is 0.481 e. The highest BCUT2D eigenvalue weighted by Crippen LogP contribution is 2.21. The van der Waals surface area contributed by atoms with Crippen LogP contribution in [-0.2, 0) is 15.0 Å². The molecular weight excluding hydrogens is 382 g/mol. The summed E-state index contributed by atoms with van der Waals surface area (Å²) in [7, 11) is -3.73. The third kappa shape index (κ3) is 4.89. The van der Waals surface area contributed by atoms with Crippen molar-refractivity contribution >= 4 is 22.1 Å². The Kier molecular flexibility index (Phi) is 6.36. The first-order valence-corrected chi connectivity index (χ1v) is 11.1. The number of hydrogen-bond acceptors (Lipinski definition) is 4. The highest BCUT2D eigenvalue weighted by molar-refractivity contribution is 7.87. The first-order chi connectivity index (χ1) is 13.3. The van der Waals surface area contributed by atoms with Gasteiger partial charge in [-0.25, -0.2) is 0 Å². The average Bonchev–Trinajstić information content (AvgIpc) is 2.68. The van der Waals surface area contributed by atoms with Gasteiger partial charge in [-0.2, -0.15) is 17.4 Å². The Hall–Kier alpha value is -1.97. The minimum Gasteiger partial charge on any atom is -0.481 e. The van der Waals surface area contributed by atoms with Crippen molar-refractivity contribution in [3.05, 3.63) is 35.4 Å². The molecule has 2 saturated heterocycles. The molecule has 28 heavy (non-hydrogen) atoms. The number of carboxylic acids is 1. The second-order valence-electron chi connectivity index (χ2n) is 7.59. The molecule has 0 unspecified atom stereocenters. The van der Waals surface area contributed by atoms with E-state index in [1.165, 1.54) is 4.31 Å². The predicted octanol–water partition coefficient (Wildman–Crippen LogP) is 1.23. The van der Waals surface area contributed by atoms with Crippen LogP contribution in [0.1, 0.15) is 41.6 Å². The molecule has 0 aliphatic carbocycles. The standard InChI is InChI=1S/C19H27N3O5S/c1-14-4-6-15(7-5-14)18(23)21-11-8-17(9-12-21)20-28(26,27)22-10-2-3-16(13-22)19(24)25/h4-7,16-17,20H,2-3,8-13H2,1H3,(H,24,25)/t16-/m0/s1. The highest BCUT2D eigenvalue weighted by Gasteiger charge is 2.34. The van der Waals surface area contributed by atoms with E-state index in [-0.39, 0.29) is 18.5 Å². The summed E-state index contributed by atoms with van der Waals surface area (Å²) < 4.78 is 29.2. The number of carbonyl (C=O) groups is 2. The normalized spacial score (nSPS) is 22.2. The first-order valence-electron chi connectivity index (χ1n) is 9.62. The van der Waals surface area contributed by atoms with Crippen molar-refractivity contribution in [1.29, 1.82) is 0 Å². The number of nitrogens with one attached hydrogen (secondary N) is 1. The van der Waals surface area contributed by atoms with Crippen molar-refractivity contribution in [2.75, 3.05) is 26.2 Å². The maximum Gasteiger partial charge on any atom is 0.307 e. The van der Waals surface area contributed by atoms with Crippen molar-refractivity contribution in [3.8, 4) is 0 Å². The van der Waals surface area contributed by atoms with Crippen LogP contribution in [0.15, 0.2) is 24.3 Å². The number of amides is 1. The Labute approximate surface area is 165 Å². The molecule has 9 heteroatoms. The molecule has 0 bridgehead atoms. The molecule has 2 aliphatic heterocycles. The number of carbonyl (C=O) groups excluding carboxylic acids is 1. The third-order valence-electron chi connectivity index (χ3n) is 5.47. The number of carboxylic acid groups (broad SMARTS) is 1. The van der Waals surface area contributed by atoms with Gasteiger partial charge in [-0.1, -0.05) is 17.7 Å². The number of hydrogen-bond donors (Lipinski definition) is 2. The van der Waals surface area contributed by atoms with Gasteiger partial charge in [0.15, 0.2) is 0 Å². The topological polar surface area (TPSA) is 107 Å². The zero-order valence-corrected chi connectivity index (χ0v) is 16.8. The molecule has 1 aromatic carbocycles. The van der Waals surface area contributed by atoms with Crippen molar-refractivity contribution in [2.24, 2.45) is 5.92 Å². The van der Waals surface area contributed by atoms with E-state index < -0.39 is 22.1 Å². The van der Waals surface area contributed by atoms with Crippen LogP contribution in [0.5, 0.6) is 0 Å². The second kappa shape index (κ2) is 8.59. The molecule has 2 heterocycles. The maximum atomic E-state index is 12.6.